The highest BCUT2D eigenvalue weighted by atomic mass is 79.9. The highest BCUT2D eigenvalue weighted by Gasteiger charge is 2.05. The van der Waals surface area contributed by atoms with Crippen LogP contribution in [0.3, 0.4) is 0 Å². The van der Waals surface area contributed by atoms with E-state index in [0.717, 1.165) is 27.8 Å². The van der Waals surface area contributed by atoms with Gasteiger partial charge in [0.25, 0.3) is 0 Å². The molecule has 0 spiro atoms. The number of carbonyl (C=O) groups is 1. The molecule has 0 bridgehead atoms. The number of ether oxygens (including phenoxy) is 1. The van der Waals surface area contributed by atoms with Crippen LogP contribution in [0, 0.1) is 0 Å². The number of halogens is 1. The van der Waals surface area contributed by atoms with Gasteiger partial charge >= 0.3 is 5.97 Å². The molecule has 4 heteroatoms. The fourth-order valence-electron chi connectivity index (χ4n) is 1.35. The Balaban J connectivity index is 2.78. The van der Waals surface area contributed by atoms with Crippen LogP contribution in [0.15, 0.2) is 29.3 Å². The van der Waals surface area contributed by atoms with E-state index in [1.807, 2.05) is 25.1 Å². The Morgan fingerprint density at radius 3 is 2.76 bits per heavy atom. The molecule has 0 aromatic heterocycles. The van der Waals surface area contributed by atoms with Crippen molar-refractivity contribution < 1.29 is 9.53 Å². The molecule has 1 aromatic rings. The van der Waals surface area contributed by atoms with Crippen molar-refractivity contribution in [2.45, 2.75) is 20.5 Å². The predicted octanol–water partition coefficient (Wildman–Crippen LogP) is 3.09. The summed E-state index contributed by atoms with van der Waals surface area (Å²) < 4.78 is 5.86. The average Bonchev–Trinajstić information content (AvgIpc) is 2.27. The molecule has 0 saturated carbocycles. The summed E-state index contributed by atoms with van der Waals surface area (Å²) >= 11 is 3.46. The van der Waals surface area contributed by atoms with E-state index in [2.05, 4.69) is 27.8 Å². The van der Waals surface area contributed by atoms with Crippen LogP contribution >= 0.6 is 15.9 Å². The van der Waals surface area contributed by atoms with Crippen molar-refractivity contribution in [1.82, 2.24) is 5.32 Å². The van der Waals surface area contributed by atoms with Crippen LogP contribution in [0.25, 0.3) is 5.70 Å². The maximum absolute atomic E-state index is 10.7. The van der Waals surface area contributed by atoms with E-state index in [9.17, 15) is 4.79 Å². The third kappa shape index (κ3) is 4.23. The van der Waals surface area contributed by atoms with Gasteiger partial charge in [-0.05, 0) is 18.6 Å². The number of benzene rings is 1. The second-order valence-electron chi connectivity index (χ2n) is 3.60. The smallest absolute Gasteiger partial charge is 0.302 e. The lowest BCUT2D eigenvalue weighted by Crippen LogP contribution is -2.10. The molecule has 1 N–H and O–H groups in total. The first-order valence-electron chi connectivity index (χ1n) is 5.39. The first-order chi connectivity index (χ1) is 8.04. The van der Waals surface area contributed by atoms with E-state index in [4.69, 9.17) is 4.74 Å². The minimum Gasteiger partial charge on any atom is -0.461 e. The summed E-state index contributed by atoms with van der Waals surface area (Å²) in [6.07, 6.45) is 0. The first-order valence-corrected chi connectivity index (χ1v) is 6.18. The van der Waals surface area contributed by atoms with Gasteiger partial charge < -0.3 is 10.1 Å². The highest BCUT2D eigenvalue weighted by molar-refractivity contribution is 9.10. The molecule has 0 aliphatic rings. The van der Waals surface area contributed by atoms with Gasteiger partial charge in [0.1, 0.15) is 6.61 Å². The second kappa shape index (κ2) is 6.45. The van der Waals surface area contributed by atoms with E-state index in [0.29, 0.717) is 0 Å². The van der Waals surface area contributed by atoms with Crippen LogP contribution in [0.4, 0.5) is 0 Å². The van der Waals surface area contributed by atoms with Crippen molar-refractivity contribution in [3.05, 3.63) is 40.4 Å². The summed E-state index contributed by atoms with van der Waals surface area (Å²) in [4.78, 5) is 10.7. The van der Waals surface area contributed by atoms with E-state index in [-0.39, 0.29) is 12.6 Å². The maximum Gasteiger partial charge on any atom is 0.302 e. The fourth-order valence-corrected chi connectivity index (χ4v) is 1.84. The van der Waals surface area contributed by atoms with Crippen LogP contribution < -0.4 is 5.32 Å². The Bertz CT molecular complexity index is 429. The summed E-state index contributed by atoms with van der Waals surface area (Å²) in [6, 6.07) is 5.84. The van der Waals surface area contributed by atoms with E-state index in [1.165, 1.54) is 6.92 Å². The molecule has 1 aromatic carbocycles. The number of rotatable bonds is 5. The quantitative estimate of drug-likeness (QED) is 0.849. The van der Waals surface area contributed by atoms with Crippen LogP contribution in [0.5, 0.6) is 0 Å². The fraction of sp³-hybridized carbons (Fsp3) is 0.308. The SMILES string of the molecule is C=C(NCC)c1ccc(COC(C)=O)c(Br)c1. The molecular formula is C13H16BrNO2. The normalized spacial score (nSPS) is 9.82. The Hall–Kier alpha value is -1.29. The lowest BCUT2D eigenvalue weighted by Gasteiger charge is -2.10. The first kappa shape index (κ1) is 13.8. The van der Waals surface area contributed by atoms with E-state index >= 15 is 0 Å². The number of esters is 1. The number of carbonyl (C=O) groups excluding carboxylic acids is 1. The van der Waals surface area contributed by atoms with Crippen molar-refractivity contribution in [3.8, 4) is 0 Å². The van der Waals surface area contributed by atoms with Gasteiger partial charge in [-0.25, -0.2) is 0 Å². The van der Waals surface area contributed by atoms with Crippen molar-refractivity contribution in [2.24, 2.45) is 0 Å². The van der Waals surface area contributed by atoms with Crippen molar-refractivity contribution in [2.75, 3.05) is 6.54 Å². The summed E-state index contributed by atoms with van der Waals surface area (Å²) in [5.74, 6) is -0.280. The lowest BCUT2D eigenvalue weighted by molar-refractivity contribution is -0.142. The Morgan fingerprint density at radius 1 is 1.53 bits per heavy atom. The van der Waals surface area contributed by atoms with Crippen molar-refractivity contribution >= 4 is 27.6 Å². The number of nitrogens with one attached hydrogen (secondary N) is 1. The molecule has 0 atom stereocenters. The van der Waals surface area contributed by atoms with E-state index < -0.39 is 0 Å². The average molecular weight is 298 g/mol. The summed E-state index contributed by atoms with van der Waals surface area (Å²) in [6.45, 7) is 8.48. The number of hydrogen-bond donors (Lipinski definition) is 1. The molecule has 1 rings (SSSR count). The molecule has 0 aliphatic carbocycles. The Kier molecular flexibility index (Phi) is 5.22. The number of hydrogen-bond acceptors (Lipinski definition) is 3. The van der Waals surface area contributed by atoms with E-state index in [1.54, 1.807) is 0 Å². The van der Waals surface area contributed by atoms with Crippen LogP contribution in [0.2, 0.25) is 0 Å². The Labute approximate surface area is 110 Å². The molecule has 3 nitrogen and oxygen atoms in total. The van der Waals surface area contributed by atoms with Crippen molar-refractivity contribution in [1.29, 1.82) is 0 Å². The zero-order chi connectivity index (χ0) is 12.8. The molecule has 92 valence electrons. The topological polar surface area (TPSA) is 38.3 Å². The zero-order valence-electron chi connectivity index (χ0n) is 10.0. The Morgan fingerprint density at radius 2 is 2.24 bits per heavy atom. The van der Waals surface area contributed by atoms with Gasteiger partial charge in [-0.1, -0.05) is 34.6 Å². The molecule has 0 saturated heterocycles. The molecule has 0 aliphatic heterocycles. The van der Waals surface area contributed by atoms with Gasteiger partial charge in [0.15, 0.2) is 0 Å². The third-order valence-corrected chi connectivity index (χ3v) is 2.96. The molecule has 0 amide bonds. The monoisotopic (exact) mass is 297 g/mol. The summed E-state index contributed by atoms with van der Waals surface area (Å²) in [5.41, 5.74) is 2.84. The molecule has 0 radical (unpaired) electrons. The molecule has 0 unspecified atom stereocenters. The lowest BCUT2D eigenvalue weighted by atomic mass is 10.1. The zero-order valence-corrected chi connectivity index (χ0v) is 11.6. The largest absolute Gasteiger partial charge is 0.461 e. The van der Waals surface area contributed by atoms with Gasteiger partial charge in [-0.2, -0.15) is 0 Å². The molecule has 17 heavy (non-hydrogen) atoms. The summed E-state index contributed by atoms with van der Waals surface area (Å²) in [7, 11) is 0. The highest BCUT2D eigenvalue weighted by Crippen LogP contribution is 2.22. The van der Waals surface area contributed by atoms with Crippen LogP contribution in [-0.2, 0) is 16.1 Å². The van der Waals surface area contributed by atoms with Gasteiger partial charge in [-0.15, -0.1) is 0 Å². The molecule has 0 heterocycles. The van der Waals surface area contributed by atoms with Crippen LogP contribution in [0.1, 0.15) is 25.0 Å². The van der Waals surface area contributed by atoms with Crippen LogP contribution in [-0.4, -0.2) is 12.5 Å². The van der Waals surface area contributed by atoms with Gasteiger partial charge in [0.05, 0.1) is 0 Å². The van der Waals surface area contributed by atoms with Gasteiger partial charge in [0, 0.05) is 29.2 Å². The standard InChI is InChI=1S/C13H16BrNO2/c1-4-15-9(2)11-5-6-12(13(14)7-11)8-17-10(3)16/h5-7,15H,2,4,8H2,1,3H3. The maximum atomic E-state index is 10.7. The van der Waals surface area contributed by atoms with Gasteiger partial charge in [0.2, 0.25) is 0 Å². The van der Waals surface area contributed by atoms with Gasteiger partial charge in [-0.3, -0.25) is 4.79 Å². The van der Waals surface area contributed by atoms with Crippen molar-refractivity contribution in [3.63, 3.8) is 0 Å². The predicted molar refractivity (Wildman–Crippen MR) is 72.3 cm³/mol. The minimum absolute atomic E-state index is 0.280. The minimum atomic E-state index is -0.280. The third-order valence-electron chi connectivity index (χ3n) is 2.22. The summed E-state index contributed by atoms with van der Waals surface area (Å²) in [5, 5.41) is 3.16. The molecule has 0 fully saturated rings. The second-order valence-corrected chi connectivity index (χ2v) is 4.45. The molecular weight excluding hydrogens is 282 g/mol.